The minimum atomic E-state index is -0.182. The van der Waals surface area contributed by atoms with Crippen LogP contribution in [0, 0.1) is 23.2 Å². The van der Waals surface area contributed by atoms with E-state index in [-0.39, 0.29) is 11.6 Å². The molecule has 4 bridgehead atoms. The van der Waals surface area contributed by atoms with Gasteiger partial charge in [-0.25, -0.2) is 4.79 Å². The second-order valence-electron chi connectivity index (χ2n) is 9.44. The van der Waals surface area contributed by atoms with E-state index in [0.29, 0.717) is 22.8 Å². The van der Waals surface area contributed by atoms with Gasteiger partial charge in [-0.3, -0.25) is 0 Å². The number of unbranched alkanes of at least 4 members (excludes halogenated alkanes) is 4. The Kier molecular flexibility index (Phi) is 5.14. The molecule has 0 aromatic heterocycles. The predicted molar refractivity (Wildman–Crippen MR) is 98.7 cm³/mol. The van der Waals surface area contributed by atoms with E-state index >= 15 is 0 Å². The molecule has 136 valence electrons. The molecule has 0 amide bonds. The van der Waals surface area contributed by atoms with Crippen LogP contribution in [0.1, 0.15) is 91.4 Å². The molecule has 2 nitrogen and oxygen atoms in total. The van der Waals surface area contributed by atoms with E-state index in [1.165, 1.54) is 64.2 Å². The summed E-state index contributed by atoms with van der Waals surface area (Å²) in [5, 5.41) is 0. The monoisotopic (exact) mass is 332 g/mol. The van der Waals surface area contributed by atoms with Crippen molar-refractivity contribution in [2.24, 2.45) is 23.2 Å². The van der Waals surface area contributed by atoms with Gasteiger partial charge in [0.15, 0.2) is 0 Å². The molecule has 4 aliphatic carbocycles. The lowest BCUT2D eigenvalue weighted by Crippen LogP contribution is -2.62. The van der Waals surface area contributed by atoms with Crippen molar-refractivity contribution in [3.63, 3.8) is 0 Å². The molecular weight excluding hydrogens is 296 g/mol. The van der Waals surface area contributed by atoms with Gasteiger partial charge >= 0.3 is 5.97 Å². The lowest BCUT2D eigenvalue weighted by molar-refractivity contribution is -0.223. The average molecular weight is 333 g/mol. The number of esters is 1. The molecule has 2 heteroatoms. The quantitative estimate of drug-likeness (QED) is 0.307. The van der Waals surface area contributed by atoms with Crippen LogP contribution >= 0.6 is 0 Å². The first-order valence-electron chi connectivity index (χ1n) is 10.3. The van der Waals surface area contributed by atoms with E-state index in [1.807, 2.05) is 0 Å². The largest absolute Gasteiger partial charge is 0.455 e. The fraction of sp³-hybridized carbons (Fsp3) is 0.864. The molecule has 2 unspecified atom stereocenters. The topological polar surface area (TPSA) is 26.3 Å². The summed E-state index contributed by atoms with van der Waals surface area (Å²) in [6.45, 7) is 10.4. The summed E-state index contributed by atoms with van der Waals surface area (Å²) in [7, 11) is 0. The van der Waals surface area contributed by atoms with Crippen LogP contribution in [0.25, 0.3) is 0 Å². The third kappa shape index (κ3) is 3.30. The highest BCUT2D eigenvalue weighted by Gasteiger charge is 2.62. The van der Waals surface area contributed by atoms with Gasteiger partial charge in [0, 0.05) is 5.57 Å². The Bertz CT molecular complexity index is 476. The first-order valence-corrected chi connectivity index (χ1v) is 10.3. The summed E-state index contributed by atoms with van der Waals surface area (Å²) in [5.74, 6) is 1.90. The standard InChI is InChI=1S/C22H36O2/c1-5-6-7-8-9-10-22(24-20(23)16(2)3)18-11-17-12-19(22)15-21(4,13-17)14-18/h17-19H,2,5-15H2,1,3-4H3. The van der Waals surface area contributed by atoms with Gasteiger partial charge in [-0.2, -0.15) is 0 Å². The Balaban J connectivity index is 1.75. The van der Waals surface area contributed by atoms with Gasteiger partial charge in [0.2, 0.25) is 0 Å². The fourth-order valence-electron chi connectivity index (χ4n) is 6.34. The van der Waals surface area contributed by atoms with Crippen molar-refractivity contribution < 1.29 is 9.53 Å². The smallest absolute Gasteiger partial charge is 0.333 e. The first-order chi connectivity index (χ1) is 11.4. The van der Waals surface area contributed by atoms with Crippen LogP contribution in [0.2, 0.25) is 0 Å². The summed E-state index contributed by atoms with van der Waals surface area (Å²) >= 11 is 0. The van der Waals surface area contributed by atoms with Crippen molar-refractivity contribution in [2.75, 3.05) is 0 Å². The van der Waals surface area contributed by atoms with E-state index in [2.05, 4.69) is 20.4 Å². The van der Waals surface area contributed by atoms with Gasteiger partial charge in [-0.1, -0.05) is 46.1 Å². The number of carbonyl (C=O) groups excluding carboxylic acids is 1. The predicted octanol–water partition coefficient (Wildman–Crippen LogP) is 6.05. The minimum absolute atomic E-state index is 0.152. The van der Waals surface area contributed by atoms with Gasteiger partial charge in [0.25, 0.3) is 0 Å². The van der Waals surface area contributed by atoms with Crippen molar-refractivity contribution in [1.82, 2.24) is 0 Å². The van der Waals surface area contributed by atoms with Crippen LogP contribution in [0.15, 0.2) is 12.2 Å². The Labute approximate surface area is 148 Å². The third-order valence-electron chi connectivity index (χ3n) is 7.18. The molecule has 0 radical (unpaired) electrons. The maximum Gasteiger partial charge on any atom is 0.333 e. The van der Waals surface area contributed by atoms with Crippen molar-refractivity contribution in [2.45, 2.75) is 97.0 Å². The van der Waals surface area contributed by atoms with Gasteiger partial charge < -0.3 is 4.74 Å². The molecule has 0 N–H and O–H groups in total. The van der Waals surface area contributed by atoms with E-state index in [9.17, 15) is 4.79 Å². The van der Waals surface area contributed by atoms with Gasteiger partial charge in [0.1, 0.15) is 5.60 Å². The van der Waals surface area contributed by atoms with E-state index in [1.54, 1.807) is 6.92 Å². The summed E-state index contributed by atoms with van der Waals surface area (Å²) in [6.07, 6.45) is 14.0. The molecule has 0 saturated heterocycles. The maximum atomic E-state index is 12.4. The normalized spacial score (nSPS) is 39.9. The van der Waals surface area contributed by atoms with Crippen LogP contribution < -0.4 is 0 Å². The van der Waals surface area contributed by atoms with Crippen LogP contribution in [0.3, 0.4) is 0 Å². The second-order valence-corrected chi connectivity index (χ2v) is 9.44. The van der Waals surface area contributed by atoms with E-state index < -0.39 is 0 Å². The zero-order valence-electron chi connectivity index (χ0n) is 16.0. The number of rotatable bonds is 8. The number of hydrogen-bond acceptors (Lipinski definition) is 2. The molecular formula is C22H36O2. The van der Waals surface area contributed by atoms with Crippen LogP contribution in [-0.2, 0) is 9.53 Å². The van der Waals surface area contributed by atoms with Gasteiger partial charge in [-0.05, 0) is 75.0 Å². The zero-order valence-corrected chi connectivity index (χ0v) is 16.0. The molecule has 2 atom stereocenters. The van der Waals surface area contributed by atoms with Crippen LogP contribution in [-0.4, -0.2) is 11.6 Å². The first kappa shape index (κ1) is 18.0. The Hall–Kier alpha value is -0.790. The SMILES string of the molecule is C=C(C)C(=O)OC1(CCCCCCC)C2CC3CC1CC(C)(C3)C2. The average Bonchev–Trinajstić information content (AvgIpc) is 2.50. The number of ether oxygens (including phenoxy) is 1. The highest BCUT2D eigenvalue weighted by atomic mass is 16.6. The van der Waals surface area contributed by atoms with Crippen molar-refractivity contribution in [3.8, 4) is 0 Å². The van der Waals surface area contributed by atoms with Crippen molar-refractivity contribution >= 4 is 5.97 Å². The molecule has 0 spiro atoms. The molecule has 0 aliphatic heterocycles. The highest BCUT2D eigenvalue weighted by molar-refractivity contribution is 5.87. The molecule has 4 saturated carbocycles. The number of hydrogen-bond donors (Lipinski definition) is 0. The molecule has 4 rings (SSSR count). The zero-order chi connectivity index (χ0) is 17.4. The van der Waals surface area contributed by atoms with E-state index in [0.717, 1.165) is 12.3 Å². The summed E-state index contributed by atoms with van der Waals surface area (Å²) in [4.78, 5) is 12.4. The maximum absolute atomic E-state index is 12.4. The summed E-state index contributed by atoms with van der Waals surface area (Å²) < 4.78 is 6.29. The Morgan fingerprint density at radius 1 is 1.08 bits per heavy atom. The highest BCUT2D eigenvalue weighted by Crippen LogP contribution is 2.65. The molecule has 4 fully saturated rings. The molecule has 4 aliphatic rings. The third-order valence-corrected chi connectivity index (χ3v) is 7.18. The molecule has 0 aromatic carbocycles. The lowest BCUT2D eigenvalue weighted by atomic mass is 9.44. The van der Waals surface area contributed by atoms with Crippen molar-refractivity contribution in [1.29, 1.82) is 0 Å². The van der Waals surface area contributed by atoms with Crippen LogP contribution in [0.5, 0.6) is 0 Å². The fourth-order valence-corrected chi connectivity index (χ4v) is 6.34. The summed E-state index contributed by atoms with van der Waals surface area (Å²) in [6, 6.07) is 0. The molecule has 24 heavy (non-hydrogen) atoms. The number of carbonyl (C=O) groups is 1. The van der Waals surface area contributed by atoms with Gasteiger partial charge in [-0.15, -0.1) is 0 Å². The molecule has 0 aromatic rings. The van der Waals surface area contributed by atoms with E-state index in [4.69, 9.17) is 4.74 Å². The van der Waals surface area contributed by atoms with Gasteiger partial charge in [0.05, 0.1) is 0 Å². The van der Waals surface area contributed by atoms with Crippen LogP contribution in [0.4, 0.5) is 0 Å². The molecule has 0 heterocycles. The Morgan fingerprint density at radius 2 is 1.71 bits per heavy atom. The van der Waals surface area contributed by atoms with Crippen molar-refractivity contribution in [3.05, 3.63) is 12.2 Å². The minimum Gasteiger partial charge on any atom is -0.455 e. The summed E-state index contributed by atoms with van der Waals surface area (Å²) in [5.41, 5.74) is 0.886. The lowest BCUT2D eigenvalue weighted by Gasteiger charge is -2.64. The Morgan fingerprint density at radius 3 is 2.25 bits per heavy atom. The second kappa shape index (κ2) is 6.84.